The first-order valence-corrected chi connectivity index (χ1v) is 7.19. The van der Waals surface area contributed by atoms with E-state index in [-0.39, 0.29) is 6.10 Å². The lowest BCUT2D eigenvalue weighted by molar-refractivity contribution is 0.0442. The van der Waals surface area contributed by atoms with Crippen LogP contribution in [0.2, 0.25) is 0 Å². The van der Waals surface area contributed by atoms with Crippen LogP contribution in [0.15, 0.2) is 0 Å². The number of likely N-dealkylation sites (N-methyl/N-ethyl adjacent to an activating group) is 1. The van der Waals surface area contributed by atoms with E-state index in [4.69, 9.17) is 10.1 Å². The Balaban J connectivity index is 2.65. The minimum atomic E-state index is 0.0280. The molecule has 1 fully saturated rings. The third kappa shape index (κ3) is 3.98. The van der Waals surface area contributed by atoms with Crippen molar-refractivity contribution in [3.63, 3.8) is 0 Å². The Morgan fingerprint density at radius 1 is 1.18 bits per heavy atom. The highest BCUT2D eigenvalue weighted by Crippen LogP contribution is 2.29. The van der Waals surface area contributed by atoms with Crippen molar-refractivity contribution in [2.75, 3.05) is 19.7 Å². The van der Waals surface area contributed by atoms with Crippen molar-refractivity contribution in [1.82, 2.24) is 4.90 Å². The Morgan fingerprint density at radius 2 is 1.76 bits per heavy atom. The molecule has 1 aliphatic rings. The minimum Gasteiger partial charge on any atom is -0.370 e. The van der Waals surface area contributed by atoms with E-state index in [2.05, 4.69) is 18.7 Å². The van der Waals surface area contributed by atoms with E-state index in [9.17, 15) is 0 Å². The summed E-state index contributed by atoms with van der Waals surface area (Å²) in [7, 11) is 0. The molecule has 17 heavy (non-hydrogen) atoms. The lowest BCUT2D eigenvalue weighted by atomic mass is 9.84. The molecular weight excluding hydrogens is 212 g/mol. The molecule has 0 spiro atoms. The van der Waals surface area contributed by atoms with Crippen LogP contribution in [0.4, 0.5) is 0 Å². The molecule has 0 aliphatic heterocycles. The molecular formula is C14H28N2O. The summed E-state index contributed by atoms with van der Waals surface area (Å²) in [5, 5.41) is 8.34. The van der Waals surface area contributed by atoms with Crippen molar-refractivity contribution in [2.24, 2.45) is 5.92 Å². The van der Waals surface area contributed by atoms with Gasteiger partial charge in [0.05, 0.1) is 0 Å². The summed E-state index contributed by atoms with van der Waals surface area (Å²) in [5.41, 5.74) is 0. The monoisotopic (exact) mass is 240 g/mol. The Hall–Kier alpha value is -0.570. The van der Waals surface area contributed by atoms with Crippen molar-refractivity contribution in [3.05, 3.63) is 0 Å². The van der Waals surface area contributed by atoms with Crippen LogP contribution < -0.4 is 0 Å². The molecule has 3 nitrogen and oxygen atoms in total. The first kappa shape index (κ1) is 14.5. The van der Waals surface area contributed by atoms with Gasteiger partial charge < -0.3 is 9.64 Å². The van der Waals surface area contributed by atoms with Crippen LogP contribution in [0, 0.1) is 11.3 Å². The molecule has 3 heteroatoms. The zero-order valence-corrected chi connectivity index (χ0v) is 11.7. The molecule has 0 heterocycles. The fourth-order valence-corrected chi connectivity index (χ4v) is 2.80. The number of hydrogen-bond donors (Lipinski definition) is 1. The van der Waals surface area contributed by atoms with Crippen LogP contribution in [0.5, 0.6) is 0 Å². The first-order chi connectivity index (χ1) is 8.24. The molecule has 0 radical (unpaired) electrons. The molecule has 1 rings (SSSR count). The summed E-state index contributed by atoms with van der Waals surface area (Å²) in [4.78, 5) is 2.12. The maximum absolute atomic E-state index is 8.34. The molecule has 1 saturated carbocycles. The van der Waals surface area contributed by atoms with Crippen LogP contribution in [-0.4, -0.2) is 36.5 Å². The Morgan fingerprint density at radius 3 is 2.24 bits per heavy atom. The van der Waals surface area contributed by atoms with Gasteiger partial charge in [-0.05, 0) is 39.5 Å². The number of nitrogens with one attached hydrogen (secondary N) is 1. The van der Waals surface area contributed by atoms with Crippen molar-refractivity contribution < 1.29 is 4.74 Å². The van der Waals surface area contributed by atoms with Gasteiger partial charge in [-0.25, -0.2) is 0 Å². The van der Waals surface area contributed by atoms with Gasteiger partial charge >= 0.3 is 0 Å². The average molecular weight is 240 g/mol. The van der Waals surface area contributed by atoms with E-state index < -0.39 is 0 Å². The summed E-state index contributed by atoms with van der Waals surface area (Å²) in [6, 6.07) is 0. The number of ether oxygens (including phenoxy) is 1. The summed E-state index contributed by atoms with van der Waals surface area (Å²) in [6.45, 7) is 8.79. The molecule has 0 aromatic carbocycles. The summed E-state index contributed by atoms with van der Waals surface area (Å²) >= 11 is 0. The van der Waals surface area contributed by atoms with Crippen LogP contribution in [0.25, 0.3) is 0 Å². The van der Waals surface area contributed by atoms with Gasteiger partial charge in [0.1, 0.15) is 11.9 Å². The molecule has 0 aromatic rings. The van der Waals surface area contributed by atoms with Gasteiger partial charge in [0.2, 0.25) is 0 Å². The van der Waals surface area contributed by atoms with Crippen molar-refractivity contribution in [2.45, 2.75) is 59.0 Å². The normalized spacial score (nSPS) is 19.0. The highest BCUT2D eigenvalue weighted by Gasteiger charge is 2.29. The maximum atomic E-state index is 8.34. The van der Waals surface area contributed by atoms with Crippen LogP contribution >= 0.6 is 0 Å². The first-order valence-electron chi connectivity index (χ1n) is 7.19. The van der Waals surface area contributed by atoms with E-state index in [0.29, 0.717) is 18.4 Å². The van der Waals surface area contributed by atoms with Gasteiger partial charge in [-0.2, -0.15) is 0 Å². The summed E-state index contributed by atoms with van der Waals surface area (Å²) in [6.07, 6.45) is 6.45. The van der Waals surface area contributed by atoms with E-state index in [1.54, 1.807) is 0 Å². The highest BCUT2D eigenvalue weighted by molar-refractivity contribution is 5.84. The average Bonchev–Trinajstić information content (AvgIpc) is 2.38. The molecule has 0 amide bonds. The Bertz CT molecular complexity index is 220. The molecule has 0 bridgehead atoms. The van der Waals surface area contributed by atoms with Gasteiger partial charge in [0, 0.05) is 19.7 Å². The number of rotatable bonds is 6. The lowest BCUT2D eigenvalue weighted by Crippen LogP contribution is -2.44. The lowest BCUT2D eigenvalue weighted by Gasteiger charge is -2.34. The van der Waals surface area contributed by atoms with Gasteiger partial charge in [-0.3, -0.25) is 5.41 Å². The SMILES string of the molecule is CCOC(C(=N)N(CC)CC)C1CCCCC1. The highest BCUT2D eigenvalue weighted by atomic mass is 16.5. The molecule has 0 aromatic heterocycles. The predicted octanol–water partition coefficient (Wildman–Crippen LogP) is 3.29. The number of hydrogen-bond acceptors (Lipinski definition) is 2. The topological polar surface area (TPSA) is 36.3 Å². The maximum Gasteiger partial charge on any atom is 0.126 e. The van der Waals surface area contributed by atoms with Gasteiger partial charge in [-0.15, -0.1) is 0 Å². The standard InChI is InChI=1S/C14H28N2O/c1-4-16(5-2)14(15)13(17-6-3)12-10-8-7-9-11-12/h12-13,15H,4-11H2,1-3H3. The largest absolute Gasteiger partial charge is 0.370 e. The molecule has 1 atom stereocenters. The van der Waals surface area contributed by atoms with Crippen LogP contribution in [0.3, 0.4) is 0 Å². The zero-order chi connectivity index (χ0) is 12.7. The second kappa shape index (κ2) is 7.70. The molecule has 100 valence electrons. The van der Waals surface area contributed by atoms with Crippen molar-refractivity contribution >= 4 is 5.84 Å². The summed E-state index contributed by atoms with van der Waals surface area (Å²) in [5.74, 6) is 1.26. The quantitative estimate of drug-likeness (QED) is 0.571. The molecule has 1 N–H and O–H groups in total. The van der Waals surface area contributed by atoms with Crippen LogP contribution in [0.1, 0.15) is 52.9 Å². The zero-order valence-electron chi connectivity index (χ0n) is 11.7. The van der Waals surface area contributed by atoms with E-state index in [1.165, 1.54) is 32.1 Å². The van der Waals surface area contributed by atoms with E-state index in [0.717, 1.165) is 13.1 Å². The third-order valence-electron chi connectivity index (χ3n) is 3.80. The Labute approximate surface area is 106 Å². The fraction of sp³-hybridized carbons (Fsp3) is 0.929. The third-order valence-corrected chi connectivity index (χ3v) is 3.80. The van der Waals surface area contributed by atoms with Gasteiger partial charge in [-0.1, -0.05) is 19.3 Å². The number of amidine groups is 1. The molecule has 0 saturated heterocycles. The smallest absolute Gasteiger partial charge is 0.126 e. The Kier molecular flexibility index (Phi) is 6.56. The second-order valence-electron chi connectivity index (χ2n) is 4.83. The summed E-state index contributed by atoms with van der Waals surface area (Å²) < 4.78 is 5.86. The second-order valence-corrected chi connectivity index (χ2v) is 4.83. The van der Waals surface area contributed by atoms with E-state index >= 15 is 0 Å². The molecule has 1 aliphatic carbocycles. The number of nitrogens with zero attached hydrogens (tertiary/aromatic N) is 1. The van der Waals surface area contributed by atoms with Crippen LogP contribution in [-0.2, 0) is 4.74 Å². The minimum absolute atomic E-state index is 0.0280. The predicted molar refractivity (Wildman–Crippen MR) is 72.6 cm³/mol. The van der Waals surface area contributed by atoms with Crippen molar-refractivity contribution in [3.8, 4) is 0 Å². The van der Waals surface area contributed by atoms with E-state index in [1.807, 2.05) is 6.92 Å². The van der Waals surface area contributed by atoms with Gasteiger partial charge in [0.15, 0.2) is 0 Å². The fourth-order valence-electron chi connectivity index (χ4n) is 2.80. The molecule has 1 unspecified atom stereocenters. The van der Waals surface area contributed by atoms with Gasteiger partial charge in [0.25, 0.3) is 0 Å². The van der Waals surface area contributed by atoms with Crippen molar-refractivity contribution in [1.29, 1.82) is 5.41 Å².